The smallest absolute Gasteiger partial charge is 0.0635 e. The standard InChI is InChI=1S/C11H20N2O/c1-13(8-4-7-12)10-5-3-6-11(9-10)14-2/h10-11H,3-6,8-9H2,1-2H3. The van der Waals surface area contributed by atoms with E-state index in [1.165, 1.54) is 19.3 Å². The Labute approximate surface area is 86.6 Å². The molecular weight excluding hydrogens is 176 g/mol. The van der Waals surface area contributed by atoms with Gasteiger partial charge in [-0.3, -0.25) is 0 Å². The maximum atomic E-state index is 8.51. The van der Waals surface area contributed by atoms with E-state index in [2.05, 4.69) is 18.0 Å². The molecule has 0 spiro atoms. The predicted molar refractivity (Wildman–Crippen MR) is 55.9 cm³/mol. The Hall–Kier alpha value is -0.590. The molecule has 0 bridgehead atoms. The fraction of sp³-hybridized carbons (Fsp3) is 0.909. The summed E-state index contributed by atoms with van der Waals surface area (Å²) < 4.78 is 5.38. The van der Waals surface area contributed by atoms with Crippen LogP contribution in [-0.2, 0) is 4.74 Å². The molecule has 1 saturated carbocycles. The SMILES string of the molecule is COC1CCCC(N(C)CCC#N)C1. The van der Waals surface area contributed by atoms with Crippen LogP contribution in [0.1, 0.15) is 32.1 Å². The Morgan fingerprint density at radius 2 is 2.29 bits per heavy atom. The van der Waals surface area contributed by atoms with E-state index < -0.39 is 0 Å². The van der Waals surface area contributed by atoms with Crippen molar-refractivity contribution in [2.24, 2.45) is 0 Å². The summed E-state index contributed by atoms with van der Waals surface area (Å²) in [7, 11) is 3.91. The Morgan fingerprint density at radius 1 is 1.50 bits per heavy atom. The van der Waals surface area contributed by atoms with Gasteiger partial charge in [0.1, 0.15) is 0 Å². The number of hydrogen-bond acceptors (Lipinski definition) is 3. The van der Waals surface area contributed by atoms with Crippen molar-refractivity contribution in [3.05, 3.63) is 0 Å². The second-order valence-corrected chi connectivity index (χ2v) is 4.07. The summed E-state index contributed by atoms with van der Waals surface area (Å²) >= 11 is 0. The molecule has 0 N–H and O–H groups in total. The molecule has 1 rings (SSSR count). The third kappa shape index (κ3) is 3.28. The van der Waals surface area contributed by atoms with Gasteiger partial charge >= 0.3 is 0 Å². The number of nitriles is 1. The maximum absolute atomic E-state index is 8.51. The average Bonchev–Trinajstić information content (AvgIpc) is 2.26. The molecule has 14 heavy (non-hydrogen) atoms. The van der Waals surface area contributed by atoms with Gasteiger partial charge < -0.3 is 9.64 Å². The van der Waals surface area contributed by atoms with Gasteiger partial charge in [0.05, 0.1) is 12.2 Å². The van der Waals surface area contributed by atoms with Gasteiger partial charge in [-0.25, -0.2) is 0 Å². The molecule has 0 aromatic rings. The van der Waals surface area contributed by atoms with Crippen LogP contribution in [0.3, 0.4) is 0 Å². The molecule has 0 saturated heterocycles. The molecule has 0 aromatic heterocycles. The van der Waals surface area contributed by atoms with E-state index in [-0.39, 0.29) is 0 Å². The summed E-state index contributed by atoms with van der Waals surface area (Å²) in [5, 5.41) is 8.51. The third-order valence-corrected chi connectivity index (χ3v) is 3.13. The van der Waals surface area contributed by atoms with Crippen LogP contribution in [0.15, 0.2) is 0 Å². The first-order valence-corrected chi connectivity index (χ1v) is 5.38. The van der Waals surface area contributed by atoms with E-state index in [1.54, 1.807) is 7.11 Å². The van der Waals surface area contributed by atoms with E-state index in [9.17, 15) is 0 Å². The molecule has 3 nitrogen and oxygen atoms in total. The van der Waals surface area contributed by atoms with Crippen molar-refractivity contribution < 1.29 is 4.74 Å². The van der Waals surface area contributed by atoms with Crippen LogP contribution < -0.4 is 0 Å². The fourth-order valence-corrected chi connectivity index (χ4v) is 2.14. The van der Waals surface area contributed by atoms with Gasteiger partial charge in [0.2, 0.25) is 0 Å². The van der Waals surface area contributed by atoms with Crippen molar-refractivity contribution in [3.8, 4) is 6.07 Å². The molecular formula is C11H20N2O. The summed E-state index contributed by atoms with van der Waals surface area (Å²) in [5.41, 5.74) is 0. The van der Waals surface area contributed by atoms with Gasteiger partial charge in [-0.2, -0.15) is 5.26 Å². The zero-order valence-electron chi connectivity index (χ0n) is 9.20. The van der Waals surface area contributed by atoms with Crippen LogP contribution in [0.2, 0.25) is 0 Å². The highest BCUT2D eigenvalue weighted by Gasteiger charge is 2.24. The third-order valence-electron chi connectivity index (χ3n) is 3.13. The molecule has 2 unspecified atom stereocenters. The van der Waals surface area contributed by atoms with Gasteiger partial charge in [0.15, 0.2) is 0 Å². The molecule has 3 heteroatoms. The van der Waals surface area contributed by atoms with Crippen LogP contribution in [0.5, 0.6) is 0 Å². The maximum Gasteiger partial charge on any atom is 0.0635 e. The van der Waals surface area contributed by atoms with Crippen LogP contribution >= 0.6 is 0 Å². The Kier molecular flexibility index (Phi) is 4.92. The number of nitrogens with zero attached hydrogens (tertiary/aromatic N) is 2. The van der Waals surface area contributed by atoms with Gasteiger partial charge in [-0.15, -0.1) is 0 Å². The molecule has 0 aliphatic heterocycles. The lowest BCUT2D eigenvalue weighted by molar-refractivity contribution is 0.0351. The average molecular weight is 196 g/mol. The highest BCUT2D eigenvalue weighted by Crippen LogP contribution is 2.23. The summed E-state index contributed by atoms with van der Waals surface area (Å²) in [6.45, 7) is 0.887. The number of methoxy groups -OCH3 is 1. The van der Waals surface area contributed by atoms with Crippen molar-refractivity contribution in [1.82, 2.24) is 4.90 Å². The van der Waals surface area contributed by atoms with E-state index >= 15 is 0 Å². The van der Waals surface area contributed by atoms with E-state index in [0.29, 0.717) is 18.6 Å². The minimum absolute atomic E-state index is 0.429. The molecule has 0 amide bonds. The minimum Gasteiger partial charge on any atom is -0.381 e. The Bertz CT molecular complexity index is 200. The minimum atomic E-state index is 0.429. The van der Waals surface area contributed by atoms with Gasteiger partial charge in [-0.05, 0) is 32.7 Å². The molecule has 0 radical (unpaired) electrons. The Balaban J connectivity index is 2.32. The van der Waals surface area contributed by atoms with Crippen LogP contribution in [-0.4, -0.2) is 37.7 Å². The largest absolute Gasteiger partial charge is 0.381 e. The van der Waals surface area contributed by atoms with Crippen LogP contribution in [0.25, 0.3) is 0 Å². The van der Waals surface area contributed by atoms with Crippen molar-refractivity contribution in [2.45, 2.75) is 44.2 Å². The highest BCUT2D eigenvalue weighted by atomic mass is 16.5. The van der Waals surface area contributed by atoms with Crippen LogP contribution in [0, 0.1) is 11.3 Å². The zero-order chi connectivity index (χ0) is 10.4. The lowest BCUT2D eigenvalue weighted by Crippen LogP contribution is -2.38. The summed E-state index contributed by atoms with van der Waals surface area (Å²) in [6.07, 6.45) is 5.88. The lowest BCUT2D eigenvalue weighted by Gasteiger charge is -2.34. The monoisotopic (exact) mass is 196 g/mol. The summed E-state index contributed by atoms with van der Waals surface area (Å²) in [5.74, 6) is 0. The van der Waals surface area contributed by atoms with E-state index in [0.717, 1.165) is 13.0 Å². The molecule has 2 atom stereocenters. The van der Waals surface area contributed by atoms with Crippen molar-refractivity contribution >= 4 is 0 Å². The van der Waals surface area contributed by atoms with E-state index in [1.807, 2.05) is 0 Å². The molecule has 1 aliphatic rings. The molecule has 1 fully saturated rings. The topological polar surface area (TPSA) is 36.3 Å². The van der Waals surface area contributed by atoms with Crippen molar-refractivity contribution in [3.63, 3.8) is 0 Å². The fourth-order valence-electron chi connectivity index (χ4n) is 2.14. The molecule has 0 heterocycles. The predicted octanol–water partition coefficient (Wildman–Crippen LogP) is 1.79. The van der Waals surface area contributed by atoms with E-state index in [4.69, 9.17) is 10.00 Å². The number of hydrogen-bond donors (Lipinski definition) is 0. The first kappa shape index (κ1) is 11.5. The molecule has 80 valence electrons. The lowest BCUT2D eigenvalue weighted by atomic mass is 9.92. The van der Waals surface area contributed by atoms with Gasteiger partial charge in [0, 0.05) is 26.1 Å². The Morgan fingerprint density at radius 3 is 2.93 bits per heavy atom. The highest BCUT2D eigenvalue weighted by molar-refractivity contribution is 4.81. The van der Waals surface area contributed by atoms with Gasteiger partial charge in [0.25, 0.3) is 0 Å². The first-order chi connectivity index (χ1) is 6.77. The second kappa shape index (κ2) is 6.00. The summed E-state index contributed by atoms with van der Waals surface area (Å²) in [4.78, 5) is 2.30. The van der Waals surface area contributed by atoms with Crippen molar-refractivity contribution in [2.75, 3.05) is 20.7 Å². The number of rotatable bonds is 4. The van der Waals surface area contributed by atoms with Gasteiger partial charge in [-0.1, -0.05) is 0 Å². The quantitative estimate of drug-likeness (QED) is 0.687. The normalized spacial score (nSPS) is 27.6. The molecule has 0 aromatic carbocycles. The first-order valence-electron chi connectivity index (χ1n) is 5.38. The number of ether oxygens (including phenoxy) is 1. The zero-order valence-corrected chi connectivity index (χ0v) is 9.20. The second-order valence-electron chi connectivity index (χ2n) is 4.07. The molecule has 1 aliphatic carbocycles. The van der Waals surface area contributed by atoms with Crippen LogP contribution in [0.4, 0.5) is 0 Å². The summed E-state index contributed by atoms with van der Waals surface area (Å²) in [6, 6.07) is 2.80. The van der Waals surface area contributed by atoms with Crippen molar-refractivity contribution in [1.29, 1.82) is 5.26 Å².